The van der Waals surface area contributed by atoms with Crippen LogP contribution in [0, 0.1) is 16.0 Å². The Labute approximate surface area is 114 Å². The molecule has 1 atom stereocenters. The van der Waals surface area contributed by atoms with E-state index in [9.17, 15) is 10.1 Å². The molecule has 0 aliphatic rings. The lowest BCUT2D eigenvalue weighted by molar-refractivity contribution is -0.385. The molecule has 0 saturated carbocycles. The van der Waals surface area contributed by atoms with Gasteiger partial charge in [0.25, 0.3) is 5.69 Å². The Morgan fingerprint density at radius 1 is 1.42 bits per heavy atom. The molecule has 0 fully saturated rings. The van der Waals surface area contributed by atoms with Crippen LogP contribution in [-0.2, 0) is 6.42 Å². The predicted octanol–water partition coefficient (Wildman–Crippen LogP) is 2.95. The summed E-state index contributed by atoms with van der Waals surface area (Å²) in [5, 5.41) is 14.1. The van der Waals surface area contributed by atoms with Crippen molar-refractivity contribution in [2.45, 2.75) is 46.1 Å². The van der Waals surface area contributed by atoms with E-state index >= 15 is 0 Å². The second-order valence-electron chi connectivity index (χ2n) is 5.25. The highest BCUT2D eigenvalue weighted by molar-refractivity contribution is 5.26. The Bertz CT molecular complexity index is 390. The van der Waals surface area contributed by atoms with Gasteiger partial charge in [0.1, 0.15) is 6.20 Å². The number of nitro groups is 1. The van der Waals surface area contributed by atoms with E-state index in [-0.39, 0.29) is 5.69 Å². The van der Waals surface area contributed by atoms with Crippen molar-refractivity contribution in [2.24, 2.45) is 5.92 Å². The number of nitrogens with one attached hydrogen (secondary N) is 1. The summed E-state index contributed by atoms with van der Waals surface area (Å²) >= 11 is 0. The largest absolute Gasteiger partial charge is 0.314 e. The van der Waals surface area contributed by atoms with E-state index < -0.39 is 4.92 Å². The molecule has 1 unspecified atom stereocenters. The second kappa shape index (κ2) is 7.84. The van der Waals surface area contributed by atoms with Gasteiger partial charge in [-0.05, 0) is 31.4 Å². The first-order chi connectivity index (χ1) is 9.02. The minimum Gasteiger partial charge on any atom is -0.314 e. The molecule has 1 rings (SSSR count). The van der Waals surface area contributed by atoms with Crippen molar-refractivity contribution in [1.82, 2.24) is 10.3 Å². The Balaban J connectivity index is 2.63. The Morgan fingerprint density at radius 2 is 2.16 bits per heavy atom. The molecule has 5 heteroatoms. The first kappa shape index (κ1) is 15.6. The van der Waals surface area contributed by atoms with E-state index in [4.69, 9.17) is 0 Å². The maximum Gasteiger partial charge on any atom is 0.287 e. The Morgan fingerprint density at radius 3 is 2.63 bits per heavy atom. The minimum absolute atomic E-state index is 0.0469. The molecule has 0 amide bonds. The third kappa shape index (κ3) is 5.79. The number of rotatable bonds is 8. The van der Waals surface area contributed by atoms with Gasteiger partial charge in [0.15, 0.2) is 0 Å². The van der Waals surface area contributed by atoms with Gasteiger partial charge < -0.3 is 5.32 Å². The molecule has 1 aromatic rings. The van der Waals surface area contributed by atoms with Crippen LogP contribution in [0.1, 0.15) is 39.3 Å². The standard InChI is InChI=1S/C14H23N3O2/c1-4-7-15-13(8-11(2)3)9-12-5-6-14(10-16-12)17(18)19/h5-6,10-11,13,15H,4,7-9H2,1-3H3. The molecule has 1 N–H and O–H groups in total. The lowest BCUT2D eigenvalue weighted by Crippen LogP contribution is -2.33. The van der Waals surface area contributed by atoms with Gasteiger partial charge in [-0.3, -0.25) is 15.1 Å². The van der Waals surface area contributed by atoms with Crippen molar-refractivity contribution in [1.29, 1.82) is 0 Å². The summed E-state index contributed by atoms with van der Waals surface area (Å²) < 4.78 is 0. The molecule has 0 saturated heterocycles. The van der Waals surface area contributed by atoms with E-state index in [1.807, 2.05) is 0 Å². The normalized spacial score (nSPS) is 12.6. The predicted molar refractivity (Wildman–Crippen MR) is 76.1 cm³/mol. The van der Waals surface area contributed by atoms with Crippen LogP contribution in [0.5, 0.6) is 0 Å². The van der Waals surface area contributed by atoms with Gasteiger partial charge in [-0.15, -0.1) is 0 Å². The van der Waals surface area contributed by atoms with Crippen molar-refractivity contribution < 1.29 is 4.92 Å². The van der Waals surface area contributed by atoms with Crippen LogP contribution in [0.15, 0.2) is 18.3 Å². The molecule has 1 heterocycles. The fourth-order valence-electron chi connectivity index (χ4n) is 2.05. The third-order valence-electron chi connectivity index (χ3n) is 2.91. The zero-order valence-electron chi connectivity index (χ0n) is 11.9. The number of hydrogen-bond acceptors (Lipinski definition) is 4. The molecule has 1 aromatic heterocycles. The molecule has 106 valence electrons. The second-order valence-corrected chi connectivity index (χ2v) is 5.25. The van der Waals surface area contributed by atoms with E-state index in [0.717, 1.165) is 31.5 Å². The highest BCUT2D eigenvalue weighted by atomic mass is 16.6. The van der Waals surface area contributed by atoms with Crippen molar-refractivity contribution in [3.63, 3.8) is 0 Å². The van der Waals surface area contributed by atoms with Crippen LogP contribution >= 0.6 is 0 Å². The molecule has 19 heavy (non-hydrogen) atoms. The van der Waals surface area contributed by atoms with Crippen LogP contribution < -0.4 is 5.32 Å². The molecule has 0 aliphatic heterocycles. The van der Waals surface area contributed by atoms with Gasteiger partial charge >= 0.3 is 0 Å². The molecule has 0 aliphatic carbocycles. The summed E-state index contributed by atoms with van der Waals surface area (Å²) in [6, 6.07) is 3.65. The van der Waals surface area contributed by atoms with Crippen LogP contribution in [0.4, 0.5) is 5.69 Å². The summed E-state index contributed by atoms with van der Waals surface area (Å²) in [5.41, 5.74) is 0.950. The number of nitrogens with zero attached hydrogens (tertiary/aromatic N) is 2. The van der Waals surface area contributed by atoms with E-state index in [1.165, 1.54) is 12.3 Å². The average molecular weight is 265 g/mol. The Kier molecular flexibility index (Phi) is 6.42. The van der Waals surface area contributed by atoms with E-state index in [0.29, 0.717) is 12.0 Å². The van der Waals surface area contributed by atoms with E-state index in [2.05, 4.69) is 31.1 Å². The van der Waals surface area contributed by atoms with Crippen molar-refractivity contribution in [2.75, 3.05) is 6.54 Å². The summed E-state index contributed by atoms with van der Waals surface area (Å²) in [6.45, 7) is 7.53. The van der Waals surface area contributed by atoms with Crippen LogP contribution in [-0.4, -0.2) is 22.5 Å². The van der Waals surface area contributed by atoms with Crippen molar-refractivity contribution >= 4 is 5.69 Å². The lowest BCUT2D eigenvalue weighted by atomic mass is 9.99. The van der Waals surface area contributed by atoms with Gasteiger partial charge in [0.2, 0.25) is 0 Å². The Hall–Kier alpha value is -1.49. The zero-order chi connectivity index (χ0) is 14.3. The van der Waals surface area contributed by atoms with Crippen molar-refractivity contribution in [3.05, 3.63) is 34.1 Å². The summed E-state index contributed by atoms with van der Waals surface area (Å²) in [6.07, 6.45) is 4.33. The monoisotopic (exact) mass is 265 g/mol. The highest BCUT2D eigenvalue weighted by Crippen LogP contribution is 2.13. The smallest absolute Gasteiger partial charge is 0.287 e. The van der Waals surface area contributed by atoms with Crippen LogP contribution in [0.25, 0.3) is 0 Å². The first-order valence-electron chi connectivity index (χ1n) is 6.85. The van der Waals surface area contributed by atoms with Crippen LogP contribution in [0.2, 0.25) is 0 Å². The molecule has 5 nitrogen and oxygen atoms in total. The summed E-state index contributed by atoms with van der Waals surface area (Å²) in [5.74, 6) is 0.618. The molecular formula is C14H23N3O2. The maximum absolute atomic E-state index is 10.6. The highest BCUT2D eigenvalue weighted by Gasteiger charge is 2.13. The van der Waals surface area contributed by atoms with Gasteiger partial charge in [-0.2, -0.15) is 0 Å². The fraction of sp³-hybridized carbons (Fsp3) is 0.643. The molecular weight excluding hydrogens is 242 g/mol. The minimum atomic E-state index is -0.419. The van der Waals surface area contributed by atoms with Gasteiger partial charge in [-0.1, -0.05) is 20.8 Å². The van der Waals surface area contributed by atoms with E-state index in [1.54, 1.807) is 6.07 Å². The molecule has 0 bridgehead atoms. The SMILES string of the molecule is CCCNC(Cc1ccc([N+](=O)[O-])cn1)CC(C)C. The first-order valence-corrected chi connectivity index (χ1v) is 6.85. The number of pyridine rings is 1. The maximum atomic E-state index is 10.6. The van der Waals surface area contributed by atoms with Gasteiger partial charge in [0, 0.05) is 24.2 Å². The van der Waals surface area contributed by atoms with Gasteiger partial charge in [-0.25, -0.2) is 0 Å². The van der Waals surface area contributed by atoms with Crippen LogP contribution in [0.3, 0.4) is 0 Å². The fourth-order valence-corrected chi connectivity index (χ4v) is 2.05. The zero-order valence-corrected chi connectivity index (χ0v) is 11.9. The lowest BCUT2D eigenvalue weighted by Gasteiger charge is -2.20. The topological polar surface area (TPSA) is 68.1 Å². The summed E-state index contributed by atoms with van der Waals surface area (Å²) in [4.78, 5) is 14.3. The third-order valence-corrected chi connectivity index (χ3v) is 2.91. The van der Waals surface area contributed by atoms with Gasteiger partial charge in [0.05, 0.1) is 4.92 Å². The molecule has 0 spiro atoms. The molecule has 0 aromatic carbocycles. The molecule has 0 radical (unpaired) electrons. The summed E-state index contributed by atoms with van der Waals surface area (Å²) in [7, 11) is 0. The number of hydrogen-bond donors (Lipinski definition) is 1. The number of aromatic nitrogens is 1. The van der Waals surface area contributed by atoms with Crippen molar-refractivity contribution in [3.8, 4) is 0 Å². The average Bonchev–Trinajstić information content (AvgIpc) is 2.36. The quantitative estimate of drug-likeness (QED) is 0.579.